The van der Waals surface area contributed by atoms with Gasteiger partial charge in [-0.15, -0.1) is 0 Å². The van der Waals surface area contributed by atoms with Gasteiger partial charge in [-0.05, 0) is 38.2 Å². The summed E-state index contributed by atoms with van der Waals surface area (Å²) >= 11 is 0. The fraction of sp³-hybridized carbons (Fsp3) is 0.571. The molecule has 4 nitrogen and oxygen atoms in total. The van der Waals surface area contributed by atoms with Gasteiger partial charge < -0.3 is 15.4 Å². The molecular formula is C14H23N3O. The maximum absolute atomic E-state index is 5.84. The van der Waals surface area contributed by atoms with Crippen LogP contribution >= 0.6 is 0 Å². The zero-order chi connectivity index (χ0) is 13.1. The van der Waals surface area contributed by atoms with Crippen molar-refractivity contribution >= 4 is 5.69 Å². The van der Waals surface area contributed by atoms with E-state index in [2.05, 4.69) is 35.9 Å². The van der Waals surface area contributed by atoms with Crippen molar-refractivity contribution in [2.75, 3.05) is 38.7 Å². The van der Waals surface area contributed by atoms with Gasteiger partial charge in [0, 0.05) is 37.4 Å². The summed E-state index contributed by atoms with van der Waals surface area (Å²) in [6.07, 6.45) is 0. The average Bonchev–Trinajstić information content (AvgIpc) is 2.39. The first kappa shape index (κ1) is 13.2. The minimum absolute atomic E-state index is 0.434. The summed E-state index contributed by atoms with van der Waals surface area (Å²) in [7, 11) is 3.84. The number of nitrogens with two attached hydrogens (primary N) is 1. The minimum atomic E-state index is 0.434. The summed E-state index contributed by atoms with van der Waals surface area (Å²) in [5.41, 5.74) is 7.08. The standard InChI is InChI=1S/C14H23N3O/c1-11-9-16(2)13(8-15)10-17(11)12-4-6-14(18-3)7-5-12/h4-7,11,13H,8-10,15H2,1-3H3. The summed E-state index contributed by atoms with van der Waals surface area (Å²) in [6.45, 7) is 5.00. The number of piperazine rings is 1. The van der Waals surface area contributed by atoms with Crippen LogP contribution in [0.3, 0.4) is 0 Å². The number of benzene rings is 1. The van der Waals surface area contributed by atoms with Crippen LogP contribution in [0.1, 0.15) is 6.92 Å². The highest BCUT2D eigenvalue weighted by atomic mass is 16.5. The smallest absolute Gasteiger partial charge is 0.119 e. The number of rotatable bonds is 3. The Morgan fingerprint density at radius 3 is 2.50 bits per heavy atom. The van der Waals surface area contributed by atoms with Gasteiger partial charge in [-0.3, -0.25) is 4.90 Å². The Labute approximate surface area is 109 Å². The molecule has 2 atom stereocenters. The Balaban J connectivity index is 2.15. The molecule has 0 saturated carbocycles. The van der Waals surface area contributed by atoms with Crippen molar-refractivity contribution < 1.29 is 4.74 Å². The summed E-state index contributed by atoms with van der Waals surface area (Å²) < 4.78 is 5.20. The number of likely N-dealkylation sites (N-methyl/N-ethyl adjacent to an activating group) is 1. The third-order valence-corrected chi connectivity index (χ3v) is 3.79. The highest BCUT2D eigenvalue weighted by molar-refractivity contribution is 5.50. The van der Waals surface area contributed by atoms with Crippen LogP contribution < -0.4 is 15.4 Å². The highest BCUT2D eigenvalue weighted by Gasteiger charge is 2.28. The summed E-state index contributed by atoms with van der Waals surface area (Å²) in [5, 5.41) is 0. The van der Waals surface area contributed by atoms with Crippen molar-refractivity contribution in [2.24, 2.45) is 5.73 Å². The monoisotopic (exact) mass is 249 g/mol. The van der Waals surface area contributed by atoms with Gasteiger partial charge in [0.15, 0.2) is 0 Å². The highest BCUT2D eigenvalue weighted by Crippen LogP contribution is 2.24. The fourth-order valence-electron chi connectivity index (χ4n) is 2.60. The van der Waals surface area contributed by atoms with Gasteiger partial charge in [0.05, 0.1) is 7.11 Å². The van der Waals surface area contributed by atoms with Gasteiger partial charge in [-0.1, -0.05) is 0 Å². The molecule has 0 aromatic heterocycles. The van der Waals surface area contributed by atoms with Gasteiger partial charge in [-0.2, -0.15) is 0 Å². The summed E-state index contributed by atoms with van der Waals surface area (Å²) in [6, 6.07) is 9.20. The van der Waals surface area contributed by atoms with Crippen molar-refractivity contribution in [2.45, 2.75) is 19.0 Å². The minimum Gasteiger partial charge on any atom is -0.497 e. The van der Waals surface area contributed by atoms with E-state index in [4.69, 9.17) is 10.5 Å². The Bertz CT molecular complexity index is 379. The number of nitrogens with zero attached hydrogens (tertiary/aromatic N) is 2. The maximum Gasteiger partial charge on any atom is 0.119 e. The van der Waals surface area contributed by atoms with E-state index < -0.39 is 0 Å². The largest absolute Gasteiger partial charge is 0.497 e. The van der Waals surface area contributed by atoms with Crippen molar-refractivity contribution in [3.8, 4) is 5.75 Å². The molecule has 1 heterocycles. The van der Waals surface area contributed by atoms with Crippen molar-refractivity contribution in [1.29, 1.82) is 0 Å². The lowest BCUT2D eigenvalue weighted by Gasteiger charge is -2.44. The van der Waals surface area contributed by atoms with Crippen LogP contribution in [0.25, 0.3) is 0 Å². The molecule has 1 fully saturated rings. The molecule has 0 aliphatic carbocycles. The van der Waals surface area contributed by atoms with Gasteiger partial charge in [0.25, 0.3) is 0 Å². The first-order valence-electron chi connectivity index (χ1n) is 6.46. The van der Waals surface area contributed by atoms with Crippen LogP contribution in [0, 0.1) is 0 Å². The molecular weight excluding hydrogens is 226 g/mol. The third-order valence-electron chi connectivity index (χ3n) is 3.79. The Kier molecular flexibility index (Phi) is 4.09. The number of methoxy groups -OCH3 is 1. The van der Waals surface area contributed by atoms with Crippen molar-refractivity contribution in [3.63, 3.8) is 0 Å². The number of hydrogen-bond acceptors (Lipinski definition) is 4. The molecule has 0 radical (unpaired) electrons. The molecule has 0 spiro atoms. The first-order chi connectivity index (χ1) is 8.65. The van der Waals surface area contributed by atoms with Crippen molar-refractivity contribution in [1.82, 2.24) is 4.90 Å². The lowest BCUT2D eigenvalue weighted by molar-refractivity contribution is 0.197. The van der Waals surface area contributed by atoms with E-state index in [1.807, 2.05) is 12.1 Å². The van der Waals surface area contributed by atoms with E-state index in [-0.39, 0.29) is 0 Å². The molecule has 18 heavy (non-hydrogen) atoms. The van der Waals surface area contributed by atoms with Crippen LogP contribution in [-0.2, 0) is 0 Å². The molecule has 2 rings (SSSR count). The Hall–Kier alpha value is -1.26. The lowest BCUT2D eigenvalue weighted by Crippen LogP contribution is -2.58. The Morgan fingerprint density at radius 2 is 1.94 bits per heavy atom. The number of ether oxygens (including phenoxy) is 1. The first-order valence-corrected chi connectivity index (χ1v) is 6.46. The molecule has 1 aromatic rings. The Morgan fingerprint density at radius 1 is 1.28 bits per heavy atom. The van der Waals surface area contributed by atoms with E-state index in [1.54, 1.807) is 7.11 Å². The topological polar surface area (TPSA) is 41.7 Å². The summed E-state index contributed by atoms with van der Waals surface area (Å²) in [4.78, 5) is 4.78. The predicted molar refractivity (Wildman–Crippen MR) is 75.3 cm³/mol. The molecule has 0 bridgehead atoms. The second-order valence-corrected chi connectivity index (χ2v) is 5.03. The van der Waals surface area contributed by atoms with E-state index >= 15 is 0 Å². The second kappa shape index (κ2) is 5.59. The van der Waals surface area contributed by atoms with E-state index in [0.717, 1.165) is 18.8 Å². The number of anilines is 1. The summed E-state index contributed by atoms with van der Waals surface area (Å²) in [5.74, 6) is 0.899. The van der Waals surface area contributed by atoms with Crippen LogP contribution in [0.2, 0.25) is 0 Å². The van der Waals surface area contributed by atoms with E-state index in [9.17, 15) is 0 Å². The quantitative estimate of drug-likeness (QED) is 0.873. The molecule has 100 valence electrons. The second-order valence-electron chi connectivity index (χ2n) is 5.03. The van der Waals surface area contributed by atoms with Crippen LogP contribution in [0.4, 0.5) is 5.69 Å². The third kappa shape index (κ3) is 2.60. The normalized spacial score (nSPS) is 25.2. The number of hydrogen-bond donors (Lipinski definition) is 1. The molecule has 1 saturated heterocycles. The van der Waals surface area contributed by atoms with Gasteiger partial charge in [0.1, 0.15) is 5.75 Å². The molecule has 1 aliphatic heterocycles. The van der Waals surface area contributed by atoms with Crippen molar-refractivity contribution in [3.05, 3.63) is 24.3 Å². The molecule has 1 aliphatic rings. The zero-order valence-electron chi connectivity index (χ0n) is 11.5. The zero-order valence-corrected chi connectivity index (χ0v) is 11.5. The van der Waals surface area contributed by atoms with Crippen LogP contribution in [-0.4, -0.2) is 50.8 Å². The van der Waals surface area contributed by atoms with Gasteiger partial charge in [-0.25, -0.2) is 0 Å². The molecule has 4 heteroatoms. The molecule has 0 amide bonds. The predicted octanol–water partition coefficient (Wildman–Crippen LogP) is 1.16. The van der Waals surface area contributed by atoms with Gasteiger partial charge >= 0.3 is 0 Å². The average molecular weight is 249 g/mol. The lowest BCUT2D eigenvalue weighted by atomic mass is 10.1. The SMILES string of the molecule is COc1ccc(N2CC(CN)N(C)CC2C)cc1. The fourth-order valence-corrected chi connectivity index (χ4v) is 2.60. The molecule has 2 unspecified atom stereocenters. The van der Waals surface area contributed by atoms with Crippen LogP contribution in [0.15, 0.2) is 24.3 Å². The molecule has 2 N–H and O–H groups in total. The van der Waals surface area contributed by atoms with E-state index in [1.165, 1.54) is 5.69 Å². The van der Waals surface area contributed by atoms with Crippen LogP contribution in [0.5, 0.6) is 5.75 Å². The van der Waals surface area contributed by atoms with Gasteiger partial charge in [0.2, 0.25) is 0 Å². The maximum atomic E-state index is 5.84. The molecule has 1 aromatic carbocycles. The van der Waals surface area contributed by atoms with E-state index in [0.29, 0.717) is 18.6 Å².